The molecule has 0 spiro atoms. The van der Waals surface area contributed by atoms with E-state index in [1.54, 1.807) is 0 Å². The highest BCUT2D eigenvalue weighted by Crippen LogP contribution is 2.56. The molecule has 2 N–H and O–H groups in total. The van der Waals surface area contributed by atoms with Gasteiger partial charge in [0.15, 0.2) is 6.10 Å². The Hall–Kier alpha value is -4.36. The highest BCUT2D eigenvalue weighted by molar-refractivity contribution is 5.85. The summed E-state index contributed by atoms with van der Waals surface area (Å²) in [6, 6.07) is 6.01. The Labute approximate surface area is 218 Å². The van der Waals surface area contributed by atoms with E-state index in [9.17, 15) is 35.9 Å². The summed E-state index contributed by atoms with van der Waals surface area (Å²) < 4.78 is 106. The molecule has 1 aliphatic heterocycles. The Bertz CT molecular complexity index is 1170. The normalized spacial score (nSPS) is 15.2. The monoisotopic (exact) mass is 560 g/mol. The molecule has 1 aliphatic rings. The molecule has 1 atom stereocenters. The van der Waals surface area contributed by atoms with Gasteiger partial charge in [-0.05, 0) is 41.5 Å². The third kappa shape index (κ3) is 6.75. The number of hydrogen-bond donors (Lipinski definition) is 2. The van der Waals surface area contributed by atoms with Crippen molar-refractivity contribution >= 4 is 23.6 Å². The fourth-order valence-electron chi connectivity index (χ4n) is 3.72. The van der Waals surface area contributed by atoms with Crippen LogP contribution in [0.1, 0.15) is 11.1 Å². The summed E-state index contributed by atoms with van der Waals surface area (Å²) in [5.74, 6) is 0. The van der Waals surface area contributed by atoms with Crippen molar-refractivity contribution in [1.29, 1.82) is 0 Å². The predicted octanol–water partition coefficient (Wildman–Crippen LogP) is 6.27. The van der Waals surface area contributed by atoms with Crippen LogP contribution in [-0.2, 0) is 24.4 Å². The average Bonchev–Trinajstić information content (AvgIpc) is 3.35. The van der Waals surface area contributed by atoms with Gasteiger partial charge in [-0.1, -0.05) is 30.8 Å². The molecule has 0 bridgehead atoms. The van der Waals surface area contributed by atoms with Crippen LogP contribution in [0.5, 0.6) is 0 Å². The molecule has 2 aromatic carbocycles. The Balaban J connectivity index is 1.86. The molecule has 0 saturated heterocycles. The first-order valence-electron chi connectivity index (χ1n) is 11.1. The number of carbonyl (C=O) groups is 2. The minimum Gasteiger partial charge on any atom is -0.498 e. The van der Waals surface area contributed by atoms with Gasteiger partial charge in [0.2, 0.25) is 5.41 Å². The van der Waals surface area contributed by atoms with E-state index in [1.165, 1.54) is 12.3 Å². The van der Waals surface area contributed by atoms with E-state index in [4.69, 9.17) is 18.9 Å². The summed E-state index contributed by atoms with van der Waals surface area (Å²) in [4.78, 5) is 23.7. The SMILES string of the molecule is C=COCCOC(=O)Nc1ccc(C(c2ccc(NC(=O)OC3C=COC3)cc2)(C(F)(F)F)C(F)(F)F)cc1. The van der Waals surface area contributed by atoms with Crippen LogP contribution in [0.4, 0.5) is 47.3 Å². The first-order valence-corrected chi connectivity index (χ1v) is 11.1. The van der Waals surface area contributed by atoms with Crippen LogP contribution in [0.25, 0.3) is 0 Å². The number of nitrogens with one attached hydrogen (secondary N) is 2. The van der Waals surface area contributed by atoms with Gasteiger partial charge >= 0.3 is 24.5 Å². The number of rotatable bonds is 9. The van der Waals surface area contributed by atoms with Crippen molar-refractivity contribution in [3.8, 4) is 0 Å². The summed E-state index contributed by atoms with van der Waals surface area (Å²) in [7, 11) is 0. The van der Waals surface area contributed by atoms with Crippen molar-refractivity contribution in [2.24, 2.45) is 0 Å². The molecule has 210 valence electrons. The molecule has 2 aromatic rings. The standard InChI is InChI=1S/C25H22F6N2O6/c1-2-36-13-14-38-21(34)32-18-7-3-16(4-8-18)23(24(26,27)28,25(29,30)31)17-5-9-19(10-6-17)33-22(35)39-20-11-12-37-15-20/h2-12,20H,1,13-15H2,(H,32,34)(H,33,35). The van der Waals surface area contributed by atoms with Gasteiger partial charge in [-0.15, -0.1) is 0 Å². The lowest BCUT2D eigenvalue weighted by Crippen LogP contribution is -2.54. The smallest absolute Gasteiger partial charge is 0.412 e. The van der Waals surface area contributed by atoms with Crippen LogP contribution in [0.15, 0.2) is 73.7 Å². The molecule has 1 heterocycles. The zero-order valence-corrected chi connectivity index (χ0v) is 20.0. The van der Waals surface area contributed by atoms with Crippen molar-refractivity contribution in [3.05, 3.63) is 84.8 Å². The van der Waals surface area contributed by atoms with Gasteiger partial charge in [0.05, 0.1) is 12.5 Å². The Kier molecular flexibility index (Phi) is 8.99. The maximum Gasteiger partial charge on any atom is 0.412 e. The minimum absolute atomic E-state index is 0.00212. The maximum atomic E-state index is 14.4. The first-order chi connectivity index (χ1) is 18.4. The van der Waals surface area contributed by atoms with Gasteiger partial charge in [-0.3, -0.25) is 10.6 Å². The van der Waals surface area contributed by atoms with Crippen LogP contribution in [-0.4, -0.2) is 50.5 Å². The van der Waals surface area contributed by atoms with E-state index in [-0.39, 0.29) is 31.2 Å². The number of amides is 2. The minimum atomic E-state index is -5.83. The highest BCUT2D eigenvalue weighted by atomic mass is 19.4. The van der Waals surface area contributed by atoms with E-state index in [1.807, 2.05) is 0 Å². The number of ether oxygens (including phenoxy) is 4. The molecule has 0 radical (unpaired) electrons. The molecule has 8 nitrogen and oxygen atoms in total. The van der Waals surface area contributed by atoms with Crippen LogP contribution in [0, 0.1) is 0 Å². The second-order valence-corrected chi connectivity index (χ2v) is 7.93. The number of anilines is 2. The first kappa shape index (κ1) is 29.2. The summed E-state index contributed by atoms with van der Waals surface area (Å²) in [5, 5.41) is 4.43. The van der Waals surface area contributed by atoms with Crippen LogP contribution >= 0.6 is 0 Å². The van der Waals surface area contributed by atoms with Gasteiger partial charge < -0.3 is 18.9 Å². The van der Waals surface area contributed by atoms with Crippen molar-refractivity contribution in [3.63, 3.8) is 0 Å². The fourth-order valence-corrected chi connectivity index (χ4v) is 3.72. The molecule has 0 fully saturated rings. The number of alkyl halides is 6. The predicted molar refractivity (Wildman–Crippen MR) is 126 cm³/mol. The zero-order chi connectivity index (χ0) is 28.7. The number of benzene rings is 2. The third-order valence-corrected chi connectivity index (χ3v) is 5.44. The molecule has 0 saturated carbocycles. The van der Waals surface area contributed by atoms with Gasteiger partial charge in [0.25, 0.3) is 0 Å². The molecule has 14 heteroatoms. The quantitative estimate of drug-likeness (QED) is 0.213. The molecule has 2 amide bonds. The molecule has 39 heavy (non-hydrogen) atoms. The lowest BCUT2D eigenvalue weighted by Gasteiger charge is -2.38. The van der Waals surface area contributed by atoms with Crippen molar-refractivity contribution < 1.29 is 54.9 Å². The van der Waals surface area contributed by atoms with Gasteiger partial charge in [-0.2, -0.15) is 26.3 Å². The Morgan fingerprint density at radius 3 is 1.82 bits per heavy atom. The van der Waals surface area contributed by atoms with Crippen LogP contribution in [0.3, 0.4) is 0 Å². The molecule has 3 rings (SSSR count). The number of hydrogen-bond acceptors (Lipinski definition) is 6. The molecule has 1 unspecified atom stereocenters. The topological polar surface area (TPSA) is 95.1 Å². The van der Waals surface area contributed by atoms with Gasteiger partial charge in [0, 0.05) is 11.4 Å². The van der Waals surface area contributed by atoms with E-state index in [2.05, 4.69) is 17.2 Å². The van der Waals surface area contributed by atoms with Gasteiger partial charge in [0.1, 0.15) is 19.8 Å². The average molecular weight is 560 g/mol. The Morgan fingerprint density at radius 1 is 0.872 bits per heavy atom. The lowest BCUT2D eigenvalue weighted by molar-refractivity contribution is -0.288. The van der Waals surface area contributed by atoms with E-state index in [0.29, 0.717) is 24.3 Å². The summed E-state index contributed by atoms with van der Waals surface area (Å²) in [5.41, 5.74) is -6.91. The third-order valence-electron chi connectivity index (χ3n) is 5.44. The summed E-state index contributed by atoms with van der Waals surface area (Å²) >= 11 is 0. The second-order valence-electron chi connectivity index (χ2n) is 7.93. The summed E-state index contributed by atoms with van der Waals surface area (Å²) in [6.07, 6.45) is -10.4. The van der Waals surface area contributed by atoms with Crippen molar-refractivity contribution in [2.75, 3.05) is 30.5 Å². The lowest BCUT2D eigenvalue weighted by atomic mass is 9.73. The fraction of sp³-hybridized carbons (Fsp3) is 0.280. The molecular formula is C25H22F6N2O6. The molecule has 0 aromatic heterocycles. The van der Waals surface area contributed by atoms with E-state index >= 15 is 0 Å². The molecular weight excluding hydrogens is 538 g/mol. The van der Waals surface area contributed by atoms with Crippen LogP contribution in [0.2, 0.25) is 0 Å². The maximum absolute atomic E-state index is 14.4. The highest BCUT2D eigenvalue weighted by Gasteiger charge is 2.72. The molecule has 0 aliphatic carbocycles. The zero-order valence-electron chi connectivity index (χ0n) is 20.0. The largest absolute Gasteiger partial charge is 0.498 e. The second kappa shape index (κ2) is 12.0. The Morgan fingerprint density at radius 2 is 1.38 bits per heavy atom. The van der Waals surface area contributed by atoms with E-state index < -0.39 is 47.2 Å². The van der Waals surface area contributed by atoms with Crippen molar-refractivity contribution in [1.82, 2.24) is 0 Å². The van der Waals surface area contributed by atoms with Crippen molar-refractivity contribution in [2.45, 2.75) is 23.9 Å². The number of carbonyl (C=O) groups excluding carboxylic acids is 2. The van der Waals surface area contributed by atoms with Crippen LogP contribution < -0.4 is 10.6 Å². The summed E-state index contributed by atoms with van der Waals surface area (Å²) in [6.45, 7) is 3.20. The number of halogens is 6. The van der Waals surface area contributed by atoms with Gasteiger partial charge in [-0.25, -0.2) is 9.59 Å². The van der Waals surface area contributed by atoms with E-state index in [0.717, 1.165) is 30.5 Å².